The van der Waals surface area contributed by atoms with Crippen LogP contribution in [-0.4, -0.2) is 45.9 Å². The van der Waals surface area contributed by atoms with Gasteiger partial charge >= 0.3 is 5.97 Å². The molecular weight excluding hydrogens is 316 g/mol. The number of nitrogens with one attached hydrogen (secondary N) is 2. The van der Waals surface area contributed by atoms with Gasteiger partial charge in [0.1, 0.15) is 0 Å². The molecule has 1 aliphatic carbocycles. The van der Waals surface area contributed by atoms with Gasteiger partial charge in [-0.1, -0.05) is 19.8 Å². The molecule has 0 aliphatic heterocycles. The molecule has 1 saturated carbocycles. The van der Waals surface area contributed by atoms with E-state index in [1.165, 1.54) is 7.11 Å². The highest BCUT2D eigenvalue weighted by atomic mass is 35.5. The van der Waals surface area contributed by atoms with E-state index < -0.39 is 27.2 Å². The minimum absolute atomic E-state index is 0. The van der Waals surface area contributed by atoms with Crippen molar-refractivity contribution >= 4 is 28.4 Å². The lowest BCUT2D eigenvalue weighted by Crippen LogP contribution is -2.47. The molecule has 1 aliphatic rings. The third kappa shape index (κ3) is 6.10. The fourth-order valence-corrected chi connectivity index (χ4v) is 4.51. The molecule has 0 heterocycles. The zero-order valence-electron chi connectivity index (χ0n) is 12.9. The molecule has 0 radical (unpaired) electrons. The minimum Gasteiger partial charge on any atom is -0.469 e. The second-order valence-corrected chi connectivity index (χ2v) is 7.29. The number of hydrogen-bond donors (Lipinski definition) is 2. The summed E-state index contributed by atoms with van der Waals surface area (Å²) in [5.41, 5.74) is 0. The Labute approximate surface area is 133 Å². The first-order valence-corrected chi connectivity index (χ1v) is 8.76. The van der Waals surface area contributed by atoms with Crippen molar-refractivity contribution in [1.82, 2.24) is 10.0 Å². The molecule has 8 heteroatoms. The van der Waals surface area contributed by atoms with Crippen LogP contribution in [0.5, 0.6) is 0 Å². The van der Waals surface area contributed by atoms with Crippen molar-refractivity contribution in [2.75, 3.05) is 20.2 Å². The zero-order chi connectivity index (χ0) is 15.2. The summed E-state index contributed by atoms with van der Waals surface area (Å²) >= 11 is 0. The van der Waals surface area contributed by atoms with Crippen LogP contribution >= 0.6 is 12.4 Å². The maximum absolute atomic E-state index is 12.4. The number of sulfonamides is 1. The van der Waals surface area contributed by atoms with Gasteiger partial charge in [-0.3, -0.25) is 4.79 Å². The van der Waals surface area contributed by atoms with E-state index in [0.717, 1.165) is 19.4 Å². The number of methoxy groups -OCH3 is 1. The van der Waals surface area contributed by atoms with Crippen LogP contribution in [0, 0.1) is 5.92 Å². The van der Waals surface area contributed by atoms with Crippen LogP contribution in [0.4, 0.5) is 0 Å². The average molecular weight is 343 g/mol. The van der Waals surface area contributed by atoms with E-state index >= 15 is 0 Å². The van der Waals surface area contributed by atoms with Crippen LogP contribution in [0.25, 0.3) is 0 Å². The summed E-state index contributed by atoms with van der Waals surface area (Å²) in [5, 5.41) is 2.48. The normalized spacial score (nSPS) is 24.0. The van der Waals surface area contributed by atoms with E-state index in [0.29, 0.717) is 19.4 Å². The summed E-state index contributed by atoms with van der Waals surface area (Å²) in [5.74, 6) is -0.958. The molecule has 1 fully saturated rings. The molecule has 2 N–H and O–H groups in total. The van der Waals surface area contributed by atoms with E-state index in [1.54, 1.807) is 0 Å². The molecular formula is C13H27ClN2O4S. The van der Waals surface area contributed by atoms with Crippen LogP contribution in [0.1, 0.15) is 39.5 Å². The lowest BCUT2D eigenvalue weighted by molar-refractivity contribution is -0.146. The molecule has 6 nitrogen and oxygen atoms in total. The minimum atomic E-state index is -3.49. The van der Waals surface area contributed by atoms with E-state index in [4.69, 9.17) is 4.74 Å². The van der Waals surface area contributed by atoms with Crippen LogP contribution in [0.15, 0.2) is 0 Å². The summed E-state index contributed by atoms with van der Waals surface area (Å²) in [4.78, 5) is 11.7. The van der Waals surface area contributed by atoms with Crippen LogP contribution < -0.4 is 10.0 Å². The number of ether oxygens (including phenoxy) is 1. The summed E-state index contributed by atoms with van der Waals surface area (Å²) in [7, 11) is -2.18. The summed E-state index contributed by atoms with van der Waals surface area (Å²) in [6.07, 6.45) is 2.81. The number of rotatable bonds is 7. The standard InChI is InChI=1S/C13H26N2O4S.ClH/c1-4-14-10(2)9-15-20(17,18)12-8-6-5-7-11(12)13(16)19-3;/h10-12,14-15H,4-9H2,1-3H3;1H/t10-,11?,12?;/m1./s1. The molecule has 0 aromatic carbocycles. The van der Waals surface area contributed by atoms with Crippen molar-refractivity contribution in [3.8, 4) is 0 Å². The van der Waals surface area contributed by atoms with Gasteiger partial charge in [-0.25, -0.2) is 13.1 Å². The Kier molecular flexibility index (Phi) is 9.44. The van der Waals surface area contributed by atoms with Gasteiger partial charge < -0.3 is 10.1 Å². The molecule has 1 rings (SSSR count). The van der Waals surface area contributed by atoms with Crippen molar-refractivity contribution in [1.29, 1.82) is 0 Å². The van der Waals surface area contributed by atoms with E-state index in [1.807, 2.05) is 13.8 Å². The van der Waals surface area contributed by atoms with E-state index in [9.17, 15) is 13.2 Å². The maximum Gasteiger partial charge on any atom is 0.310 e. The predicted octanol–water partition coefficient (Wildman–Crippen LogP) is 1.06. The van der Waals surface area contributed by atoms with E-state index in [-0.39, 0.29) is 18.4 Å². The monoisotopic (exact) mass is 342 g/mol. The average Bonchev–Trinajstić information content (AvgIpc) is 2.45. The molecule has 0 amide bonds. The highest BCUT2D eigenvalue weighted by Gasteiger charge is 2.40. The lowest BCUT2D eigenvalue weighted by Gasteiger charge is -2.29. The van der Waals surface area contributed by atoms with Gasteiger partial charge in [0.15, 0.2) is 0 Å². The van der Waals surface area contributed by atoms with Crippen molar-refractivity contribution < 1.29 is 17.9 Å². The van der Waals surface area contributed by atoms with Crippen LogP contribution in [-0.2, 0) is 19.6 Å². The lowest BCUT2D eigenvalue weighted by atomic mass is 9.89. The molecule has 2 unspecified atom stereocenters. The Balaban J connectivity index is 0.00000400. The molecule has 0 saturated heterocycles. The molecule has 0 bridgehead atoms. The smallest absolute Gasteiger partial charge is 0.310 e. The molecule has 126 valence electrons. The largest absolute Gasteiger partial charge is 0.469 e. The molecule has 0 spiro atoms. The van der Waals surface area contributed by atoms with E-state index in [2.05, 4.69) is 10.0 Å². The highest BCUT2D eigenvalue weighted by Crippen LogP contribution is 2.30. The van der Waals surface area contributed by atoms with Crippen molar-refractivity contribution in [3.63, 3.8) is 0 Å². The number of halogens is 1. The fraction of sp³-hybridized carbons (Fsp3) is 0.923. The second-order valence-electron chi connectivity index (χ2n) is 5.30. The topological polar surface area (TPSA) is 84.5 Å². The van der Waals surface area contributed by atoms with Crippen molar-refractivity contribution in [3.05, 3.63) is 0 Å². The van der Waals surface area contributed by atoms with Crippen LogP contribution in [0.2, 0.25) is 0 Å². The van der Waals surface area contributed by atoms with Crippen molar-refractivity contribution in [2.45, 2.75) is 50.8 Å². The Hall–Kier alpha value is -0.370. The third-order valence-corrected chi connectivity index (χ3v) is 5.68. The number of likely N-dealkylation sites (N-methyl/N-ethyl adjacent to an activating group) is 1. The van der Waals surface area contributed by atoms with Gasteiger partial charge in [0.25, 0.3) is 0 Å². The summed E-state index contributed by atoms with van der Waals surface area (Å²) in [6.45, 7) is 5.02. The first-order chi connectivity index (χ1) is 9.42. The second kappa shape index (κ2) is 9.61. The van der Waals surface area contributed by atoms with Gasteiger partial charge in [-0.15, -0.1) is 12.4 Å². The SMILES string of the molecule is CCN[C@H](C)CNS(=O)(=O)C1CCCCC1C(=O)OC.Cl. The highest BCUT2D eigenvalue weighted by molar-refractivity contribution is 7.90. The zero-order valence-corrected chi connectivity index (χ0v) is 14.6. The Morgan fingerprint density at radius 2 is 1.95 bits per heavy atom. The van der Waals surface area contributed by atoms with Crippen LogP contribution in [0.3, 0.4) is 0 Å². The molecule has 0 aromatic heterocycles. The maximum atomic E-state index is 12.4. The Bertz CT molecular complexity index is 416. The van der Waals surface area contributed by atoms with Gasteiger partial charge in [0, 0.05) is 12.6 Å². The Morgan fingerprint density at radius 1 is 1.33 bits per heavy atom. The quantitative estimate of drug-likeness (QED) is 0.676. The molecule has 3 atom stereocenters. The molecule has 0 aromatic rings. The number of esters is 1. The fourth-order valence-electron chi connectivity index (χ4n) is 2.66. The summed E-state index contributed by atoms with van der Waals surface area (Å²) in [6, 6.07) is 0.0648. The van der Waals surface area contributed by atoms with Crippen molar-refractivity contribution in [2.24, 2.45) is 5.92 Å². The Morgan fingerprint density at radius 3 is 2.52 bits per heavy atom. The van der Waals surface area contributed by atoms with Gasteiger partial charge in [-0.2, -0.15) is 0 Å². The number of carbonyl (C=O) groups is 1. The number of carbonyl (C=O) groups excluding carboxylic acids is 1. The summed E-state index contributed by atoms with van der Waals surface area (Å²) < 4.78 is 32.1. The predicted molar refractivity (Wildman–Crippen MR) is 85.1 cm³/mol. The van der Waals surface area contributed by atoms with Gasteiger partial charge in [0.05, 0.1) is 18.3 Å². The van der Waals surface area contributed by atoms with Gasteiger partial charge in [-0.05, 0) is 26.3 Å². The van der Waals surface area contributed by atoms with Gasteiger partial charge in [0.2, 0.25) is 10.0 Å². The third-order valence-electron chi connectivity index (χ3n) is 3.75. The number of hydrogen-bond acceptors (Lipinski definition) is 5. The first kappa shape index (κ1) is 20.6. The first-order valence-electron chi connectivity index (χ1n) is 7.22. The molecule has 21 heavy (non-hydrogen) atoms.